The van der Waals surface area contributed by atoms with Crippen LogP contribution in [0, 0.1) is 0 Å². The van der Waals surface area contributed by atoms with E-state index in [1.54, 1.807) is 0 Å². The van der Waals surface area contributed by atoms with Crippen molar-refractivity contribution in [2.45, 2.75) is 103 Å². The van der Waals surface area contributed by atoms with Crippen LogP contribution in [0.4, 0.5) is 0 Å². The largest absolute Gasteiger partial charge is 0.460 e. The Morgan fingerprint density at radius 3 is 1.38 bits per heavy atom. The van der Waals surface area contributed by atoms with Gasteiger partial charge in [-0.25, -0.2) is 0 Å². The highest BCUT2D eigenvalue weighted by Gasteiger charge is 2.15. The summed E-state index contributed by atoms with van der Waals surface area (Å²) in [6, 6.07) is 0. The molecule has 0 unspecified atom stereocenters. The maximum absolute atomic E-state index is 12.0. The number of nitrogens with zero attached hydrogens (tertiary/aromatic N) is 3. The standard InChI is InChI=1S/C32H62N4O9/c1-32(2,3)45-31(38)15-13-11-9-7-5-4-6-8-10-12-14-30(37)34-16-18-39-20-22-41-24-26-43-28-29-44-27-25-42-23-21-40-19-17-35-36-33/h4-29H2,1-3H3,(H,34,37). The van der Waals surface area contributed by atoms with Gasteiger partial charge < -0.3 is 38.5 Å². The summed E-state index contributed by atoms with van der Waals surface area (Å²) in [7, 11) is 0. The van der Waals surface area contributed by atoms with E-state index in [-0.39, 0.29) is 11.9 Å². The van der Waals surface area contributed by atoms with E-state index in [1.807, 2.05) is 20.8 Å². The molecule has 0 saturated carbocycles. The first-order valence-corrected chi connectivity index (χ1v) is 16.8. The molecule has 1 amide bonds. The van der Waals surface area contributed by atoms with Crippen molar-refractivity contribution in [1.82, 2.24) is 5.32 Å². The summed E-state index contributed by atoms with van der Waals surface area (Å²) in [6.45, 7) is 12.2. The second-order valence-corrected chi connectivity index (χ2v) is 11.6. The van der Waals surface area contributed by atoms with Crippen LogP contribution in [0.3, 0.4) is 0 Å². The lowest BCUT2D eigenvalue weighted by Gasteiger charge is -2.19. The lowest BCUT2D eigenvalue weighted by molar-refractivity contribution is -0.154. The van der Waals surface area contributed by atoms with Gasteiger partial charge in [0.2, 0.25) is 5.91 Å². The fourth-order valence-corrected chi connectivity index (χ4v) is 4.06. The van der Waals surface area contributed by atoms with Crippen molar-refractivity contribution >= 4 is 11.9 Å². The first-order valence-electron chi connectivity index (χ1n) is 16.8. The quantitative estimate of drug-likeness (QED) is 0.0311. The predicted molar refractivity (Wildman–Crippen MR) is 173 cm³/mol. The van der Waals surface area contributed by atoms with Crippen LogP contribution in [0.5, 0.6) is 0 Å². The maximum Gasteiger partial charge on any atom is 0.306 e. The van der Waals surface area contributed by atoms with Gasteiger partial charge in [-0.1, -0.05) is 56.5 Å². The summed E-state index contributed by atoms with van der Waals surface area (Å²) < 4.78 is 37.7. The molecule has 0 aliphatic carbocycles. The van der Waals surface area contributed by atoms with E-state index in [0.717, 1.165) is 25.7 Å². The molecule has 0 aromatic heterocycles. The molecule has 13 heteroatoms. The van der Waals surface area contributed by atoms with Crippen molar-refractivity contribution in [3.05, 3.63) is 10.4 Å². The molecular weight excluding hydrogens is 584 g/mol. The highest BCUT2D eigenvalue weighted by Crippen LogP contribution is 2.14. The molecule has 264 valence electrons. The molecule has 0 bridgehead atoms. The third-order valence-corrected chi connectivity index (χ3v) is 6.28. The van der Waals surface area contributed by atoms with Gasteiger partial charge in [0.1, 0.15) is 5.60 Å². The Hall–Kier alpha value is -1.99. The van der Waals surface area contributed by atoms with Crippen LogP contribution < -0.4 is 5.32 Å². The Morgan fingerprint density at radius 2 is 0.956 bits per heavy atom. The molecule has 0 aliphatic rings. The van der Waals surface area contributed by atoms with Crippen LogP contribution in [-0.2, 0) is 42.7 Å². The Balaban J connectivity index is 3.21. The molecule has 1 N–H and O–H groups in total. The van der Waals surface area contributed by atoms with E-state index in [0.29, 0.717) is 105 Å². The molecular formula is C32H62N4O9. The molecule has 0 spiro atoms. The number of unbranched alkanes of at least 4 members (excludes halogenated alkanes) is 9. The van der Waals surface area contributed by atoms with Gasteiger partial charge in [0.15, 0.2) is 0 Å². The van der Waals surface area contributed by atoms with E-state index in [2.05, 4.69) is 15.3 Å². The van der Waals surface area contributed by atoms with Gasteiger partial charge in [0.05, 0.1) is 79.3 Å². The number of hydrogen-bond acceptors (Lipinski definition) is 10. The molecule has 0 atom stereocenters. The van der Waals surface area contributed by atoms with Gasteiger partial charge in [0, 0.05) is 30.8 Å². The second kappa shape index (κ2) is 33.4. The number of ether oxygens (including phenoxy) is 7. The van der Waals surface area contributed by atoms with Gasteiger partial charge in [-0.3, -0.25) is 9.59 Å². The van der Waals surface area contributed by atoms with Crippen molar-refractivity contribution in [3.8, 4) is 0 Å². The third-order valence-electron chi connectivity index (χ3n) is 6.28. The average molecular weight is 647 g/mol. The average Bonchev–Trinajstić information content (AvgIpc) is 2.99. The van der Waals surface area contributed by atoms with Crippen molar-refractivity contribution < 1.29 is 42.7 Å². The molecule has 0 aliphatic heterocycles. The van der Waals surface area contributed by atoms with Crippen LogP contribution in [0.15, 0.2) is 5.11 Å². The minimum atomic E-state index is -0.392. The number of azide groups is 1. The molecule has 0 saturated heterocycles. The van der Waals surface area contributed by atoms with Crippen molar-refractivity contribution in [1.29, 1.82) is 0 Å². The highest BCUT2D eigenvalue weighted by atomic mass is 16.6. The fraction of sp³-hybridized carbons (Fsp3) is 0.938. The smallest absolute Gasteiger partial charge is 0.306 e. The molecule has 0 radical (unpaired) electrons. The summed E-state index contributed by atoms with van der Waals surface area (Å²) in [6.07, 6.45) is 12.3. The SMILES string of the molecule is CC(C)(C)OC(=O)CCCCCCCCCCCCC(=O)NCCOCCOCCOCCOCCOCCOCCN=[N+]=[N-]. The Morgan fingerprint density at radius 1 is 0.578 bits per heavy atom. The number of carbonyl (C=O) groups is 2. The van der Waals surface area contributed by atoms with Crippen molar-refractivity contribution in [2.24, 2.45) is 5.11 Å². The first kappa shape index (κ1) is 43.0. The normalized spacial score (nSPS) is 11.4. The molecule has 0 aromatic carbocycles. The van der Waals surface area contributed by atoms with Crippen LogP contribution >= 0.6 is 0 Å². The first-order chi connectivity index (χ1) is 21.8. The summed E-state index contributed by atoms with van der Waals surface area (Å²) in [4.78, 5) is 26.3. The van der Waals surface area contributed by atoms with E-state index in [9.17, 15) is 9.59 Å². The third kappa shape index (κ3) is 38.1. The van der Waals surface area contributed by atoms with Crippen molar-refractivity contribution in [3.63, 3.8) is 0 Å². The Kier molecular flexibility index (Phi) is 31.9. The van der Waals surface area contributed by atoms with Crippen LogP contribution in [0.1, 0.15) is 97.8 Å². The summed E-state index contributed by atoms with van der Waals surface area (Å²) in [5.74, 6) is -0.0102. The number of rotatable bonds is 34. The van der Waals surface area contributed by atoms with Crippen molar-refractivity contribution in [2.75, 3.05) is 92.4 Å². The molecule has 0 fully saturated rings. The predicted octanol–water partition coefficient (Wildman–Crippen LogP) is 5.54. The zero-order chi connectivity index (χ0) is 33.1. The zero-order valence-corrected chi connectivity index (χ0v) is 28.4. The monoisotopic (exact) mass is 646 g/mol. The molecule has 13 nitrogen and oxygen atoms in total. The molecule has 0 rings (SSSR count). The Labute approximate surface area is 271 Å². The lowest BCUT2D eigenvalue weighted by Crippen LogP contribution is -2.27. The number of hydrogen-bond donors (Lipinski definition) is 1. The lowest BCUT2D eigenvalue weighted by atomic mass is 10.0. The number of nitrogens with one attached hydrogen (secondary N) is 1. The van der Waals surface area contributed by atoms with Gasteiger partial charge in [-0.15, -0.1) is 0 Å². The second-order valence-electron chi connectivity index (χ2n) is 11.6. The molecule has 0 aromatic rings. The summed E-state index contributed by atoms with van der Waals surface area (Å²) in [5, 5.41) is 6.28. The van der Waals surface area contributed by atoms with E-state index < -0.39 is 5.60 Å². The van der Waals surface area contributed by atoms with E-state index in [1.165, 1.54) is 38.5 Å². The number of esters is 1. The van der Waals surface area contributed by atoms with Crippen LogP contribution in [0.25, 0.3) is 10.4 Å². The van der Waals surface area contributed by atoms with E-state index >= 15 is 0 Å². The fourth-order valence-electron chi connectivity index (χ4n) is 4.06. The maximum atomic E-state index is 12.0. The number of carbonyl (C=O) groups excluding carboxylic acids is 2. The minimum absolute atomic E-state index is 0.0832. The molecule has 45 heavy (non-hydrogen) atoms. The Bertz CT molecular complexity index is 732. The van der Waals surface area contributed by atoms with Gasteiger partial charge in [0.25, 0.3) is 0 Å². The highest BCUT2D eigenvalue weighted by molar-refractivity contribution is 5.75. The zero-order valence-electron chi connectivity index (χ0n) is 28.4. The van der Waals surface area contributed by atoms with Crippen LogP contribution in [0.2, 0.25) is 0 Å². The summed E-state index contributed by atoms with van der Waals surface area (Å²) in [5.41, 5.74) is 7.75. The summed E-state index contributed by atoms with van der Waals surface area (Å²) >= 11 is 0. The van der Waals surface area contributed by atoms with Gasteiger partial charge in [-0.2, -0.15) is 0 Å². The topological polar surface area (TPSA) is 160 Å². The van der Waals surface area contributed by atoms with E-state index in [4.69, 9.17) is 38.7 Å². The number of amides is 1. The van der Waals surface area contributed by atoms with Gasteiger partial charge >= 0.3 is 5.97 Å². The van der Waals surface area contributed by atoms with Gasteiger partial charge in [-0.05, 0) is 39.1 Å². The minimum Gasteiger partial charge on any atom is -0.460 e. The molecule has 0 heterocycles. The van der Waals surface area contributed by atoms with Crippen LogP contribution in [-0.4, -0.2) is 110 Å².